The van der Waals surface area contributed by atoms with Gasteiger partial charge in [-0.05, 0) is 26.0 Å². The number of para-hydroxylation sites is 1. The Bertz CT molecular complexity index is 704. The van der Waals surface area contributed by atoms with Gasteiger partial charge in [-0.15, -0.1) is 0 Å². The molecule has 0 spiro atoms. The maximum Gasteiger partial charge on any atom is 0.333 e. The number of benzene rings is 1. The number of hydrogen-bond acceptors (Lipinski definition) is 6. The lowest BCUT2D eigenvalue weighted by Crippen LogP contribution is -2.54. The summed E-state index contributed by atoms with van der Waals surface area (Å²) in [5.74, 6) is -1.05. The molecule has 7 nitrogen and oxygen atoms in total. The molecule has 1 aromatic rings. The van der Waals surface area contributed by atoms with Crippen molar-refractivity contribution in [1.29, 1.82) is 0 Å². The van der Waals surface area contributed by atoms with Crippen molar-refractivity contribution < 1.29 is 23.9 Å². The molecule has 1 unspecified atom stereocenters. The van der Waals surface area contributed by atoms with Crippen LogP contribution in [-0.2, 0) is 23.9 Å². The minimum absolute atomic E-state index is 0.0128. The zero-order valence-corrected chi connectivity index (χ0v) is 16.6. The first-order chi connectivity index (χ1) is 13.4. The topological polar surface area (TPSA) is 76.1 Å². The molecule has 7 heteroatoms. The number of hydrogen-bond donors (Lipinski definition) is 0. The van der Waals surface area contributed by atoms with Crippen LogP contribution in [0.1, 0.15) is 26.7 Å². The predicted molar refractivity (Wildman–Crippen MR) is 106 cm³/mol. The number of carbonyl (C=O) groups is 3. The molecule has 1 amide bonds. The van der Waals surface area contributed by atoms with Gasteiger partial charge in [0.25, 0.3) is 0 Å². The molecule has 28 heavy (non-hydrogen) atoms. The fraction of sp³-hybridized carbons (Fsp3) is 0.476. The smallest absolute Gasteiger partial charge is 0.333 e. The van der Waals surface area contributed by atoms with Crippen LogP contribution >= 0.6 is 0 Å². The molecule has 1 aliphatic heterocycles. The van der Waals surface area contributed by atoms with E-state index < -0.39 is 11.9 Å². The first kappa shape index (κ1) is 21.5. The molecule has 1 aliphatic rings. The first-order valence-corrected chi connectivity index (χ1v) is 9.46. The van der Waals surface area contributed by atoms with E-state index in [1.54, 1.807) is 6.92 Å². The third kappa shape index (κ3) is 6.40. The fourth-order valence-electron chi connectivity index (χ4n) is 3.04. The Balaban J connectivity index is 1.68. The number of amides is 1. The normalized spacial score (nSPS) is 16.4. The van der Waals surface area contributed by atoms with E-state index in [0.29, 0.717) is 12.1 Å². The quantitative estimate of drug-likeness (QED) is 0.386. The van der Waals surface area contributed by atoms with Crippen LogP contribution in [0, 0.1) is 0 Å². The van der Waals surface area contributed by atoms with E-state index in [2.05, 4.69) is 23.6 Å². The number of ether oxygens (including phenoxy) is 2. The second-order valence-electron chi connectivity index (χ2n) is 6.85. The summed E-state index contributed by atoms with van der Waals surface area (Å²) in [6, 6.07) is 10.2. The summed E-state index contributed by atoms with van der Waals surface area (Å²) < 4.78 is 9.83. The van der Waals surface area contributed by atoms with Crippen LogP contribution in [0.15, 0.2) is 42.5 Å². The third-order valence-electron chi connectivity index (χ3n) is 4.54. The van der Waals surface area contributed by atoms with Crippen LogP contribution in [0.5, 0.6) is 0 Å². The van der Waals surface area contributed by atoms with Crippen LogP contribution in [-0.4, -0.2) is 61.6 Å². The molecule has 1 atom stereocenters. The summed E-state index contributed by atoms with van der Waals surface area (Å²) in [7, 11) is 0. The summed E-state index contributed by atoms with van der Waals surface area (Å²) >= 11 is 0. The lowest BCUT2D eigenvalue weighted by atomic mass is 10.1. The standard InChI is InChI=1S/C21H28N2O5/c1-16(2)21(26)28-14-13-27-20(25)10-9-19(24)23-12-11-22(15-17(23)3)18-7-5-4-6-8-18/h4-8,17H,1,9-15H2,2-3H3. The average molecular weight is 388 g/mol. The highest BCUT2D eigenvalue weighted by Gasteiger charge is 2.27. The highest BCUT2D eigenvalue weighted by molar-refractivity contribution is 5.87. The van der Waals surface area contributed by atoms with Crippen molar-refractivity contribution in [3.05, 3.63) is 42.5 Å². The Labute approximate surface area is 165 Å². The van der Waals surface area contributed by atoms with E-state index in [1.165, 1.54) is 0 Å². The predicted octanol–water partition coefficient (Wildman–Crippen LogP) is 2.17. The second-order valence-corrected chi connectivity index (χ2v) is 6.85. The zero-order valence-electron chi connectivity index (χ0n) is 16.6. The van der Waals surface area contributed by atoms with Gasteiger partial charge in [-0.3, -0.25) is 9.59 Å². The Morgan fingerprint density at radius 3 is 2.39 bits per heavy atom. The van der Waals surface area contributed by atoms with Gasteiger partial charge in [0.15, 0.2) is 0 Å². The van der Waals surface area contributed by atoms with Gasteiger partial charge in [0.2, 0.25) is 5.91 Å². The molecule has 2 rings (SSSR count). The van der Waals surface area contributed by atoms with Gasteiger partial charge in [0, 0.05) is 43.4 Å². The van der Waals surface area contributed by atoms with Gasteiger partial charge < -0.3 is 19.3 Å². The largest absolute Gasteiger partial charge is 0.462 e. The second kappa shape index (κ2) is 10.5. The summed E-state index contributed by atoms with van der Waals surface area (Å²) in [5.41, 5.74) is 1.44. The number of carbonyl (C=O) groups excluding carboxylic acids is 3. The lowest BCUT2D eigenvalue weighted by molar-refractivity contribution is -0.151. The molecule has 0 bridgehead atoms. The maximum absolute atomic E-state index is 12.5. The van der Waals surface area contributed by atoms with Gasteiger partial charge >= 0.3 is 11.9 Å². The molecule has 1 fully saturated rings. The maximum atomic E-state index is 12.5. The van der Waals surface area contributed by atoms with Crippen molar-refractivity contribution >= 4 is 23.5 Å². The van der Waals surface area contributed by atoms with E-state index >= 15 is 0 Å². The highest BCUT2D eigenvalue weighted by atomic mass is 16.6. The Morgan fingerprint density at radius 2 is 1.75 bits per heavy atom. The summed E-state index contributed by atoms with van der Waals surface area (Å²) in [6.07, 6.45) is 0.124. The van der Waals surface area contributed by atoms with E-state index in [0.717, 1.165) is 18.8 Å². The molecule has 0 radical (unpaired) electrons. The van der Waals surface area contributed by atoms with E-state index in [-0.39, 0.29) is 38.0 Å². The highest BCUT2D eigenvalue weighted by Crippen LogP contribution is 2.19. The number of esters is 2. The molecule has 1 saturated heterocycles. The molecule has 0 aliphatic carbocycles. The molecular formula is C21H28N2O5. The fourth-order valence-corrected chi connectivity index (χ4v) is 3.04. The number of rotatable bonds is 8. The number of nitrogens with zero attached hydrogens (tertiary/aromatic N) is 2. The average Bonchev–Trinajstić information content (AvgIpc) is 2.69. The van der Waals surface area contributed by atoms with Gasteiger partial charge in [0.1, 0.15) is 13.2 Å². The summed E-state index contributed by atoms with van der Waals surface area (Å²) in [4.78, 5) is 39.5. The first-order valence-electron chi connectivity index (χ1n) is 9.46. The van der Waals surface area contributed by atoms with Crippen LogP contribution in [0.4, 0.5) is 5.69 Å². The molecule has 152 valence electrons. The van der Waals surface area contributed by atoms with Crippen LogP contribution < -0.4 is 4.90 Å². The van der Waals surface area contributed by atoms with Crippen molar-refractivity contribution in [3.63, 3.8) is 0 Å². The Kier molecular flexibility index (Phi) is 8.04. The molecule has 1 heterocycles. The van der Waals surface area contributed by atoms with Gasteiger partial charge in [-0.2, -0.15) is 0 Å². The van der Waals surface area contributed by atoms with Crippen molar-refractivity contribution in [2.75, 3.05) is 37.7 Å². The molecule has 1 aromatic carbocycles. The molecule has 0 aromatic heterocycles. The van der Waals surface area contributed by atoms with Crippen LogP contribution in [0.2, 0.25) is 0 Å². The minimum atomic E-state index is -0.519. The Hall–Kier alpha value is -2.83. The summed E-state index contributed by atoms with van der Waals surface area (Å²) in [5, 5.41) is 0. The Morgan fingerprint density at radius 1 is 1.07 bits per heavy atom. The van der Waals surface area contributed by atoms with E-state index in [9.17, 15) is 14.4 Å². The van der Waals surface area contributed by atoms with Crippen molar-refractivity contribution in [2.45, 2.75) is 32.7 Å². The van der Waals surface area contributed by atoms with Gasteiger partial charge in [0.05, 0.1) is 6.42 Å². The monoisotopic (exact) mass is 388 g/mol. The van der Waals surface area contributed by atoms with Crippen LogP contribution in [0.3, 0.4) is 0 Å². The third-order valence-corrected chi connectivity index (χ3v) is 4.54. The van der Waals surface area contributed by atoms with Gasteiger partial charge in [-0.1, -0.05) is 24.8 Å². The molecular weight excluding hydrogens is 360 g/mol. The number of piperazine rings is 1. The van der Waals surface area contributed by atoms with Crippen molar-refractivity contribution in [3.8, 4) is 0 Å². The zero-order chi connectivity index (χ0) is 20.5. The van der Waals surface area contributed by atoms with E-state index in [4.69, 9.17) is 9.47 Å². The summed E-state index contributed by atoms with van der Waals surface area (Å²) in [6.45, 7) is 9.11. The lowest BCUT2D eigenvalue weighted by Gasteiger charge is -2.41. The molecule has 0 saturated carbocycles. The van der Waals surface area contributed by atoms with E-state index in [1.807, 2.05) is 30.0 Å². The van der Waals surface area contributed by atoms with Gasteiger partial charge in [-0.25, -0.2) is 4.79 Å². The molecule has 0 N–H and O–H groups in total. The SMILES string of the molecule is C=C(C)C(=O)OCCOC(=O)CCC(=O)N1CCN(c2ccccc2)CC1C. The minimum Gasteiger partial charge on any atom is -0.462 e. The van der Waals surface area contributed by atoms with Crippen molar-refractivity contribution in [2.24, 2.45) is 0 Å². The number of anilines is 1. The van der Waals surface area contributed by atoms with Crippen molar-refractivity contribution in [1.82, 2.24) is 4.90 Å². The van der Waals surface area contributed by atoms with Crippen LogP contribution in [0.25, 0.3) is 0 Å².